The average molecular weight is 292 g/mol. The Bertz CT molecular complexity index is 399. The van der Waals surface area contributed by atoms with Crippen LogP contribution in [-0.2, 0) is 4.74 Å². The van der Waals surface area contributed by atoms with E-state index in [2.05, 4.69) is 16.7 Å². The third kappa shape index (κ3) is 5.08. The summed E-state index contributed by atoms with van der Waals surface area (Å²) < 4.78 is 5.43. The minimum atomic E-state index is -0.399. The number of hydrogen-bond acceptors (Lipinski definition) is 4. The molecule has 0 aliphatic carbocycles. The molecule has 1 N–H and O–H groups in total. The predicted octanol–water partition coefficient (Wildman–Crippen LogP) is 1.76. The Hall–Kier alpha value is -0.940. The van der Waals surface area contributed by atoms with Gasteiger partial charge in [0, 0.05) is 45.4 Å². The topological polar surface area (TPSA) is 35.9 Å². The summed E-state index contributed by atoms with van der Waals surface area (Å²) in [6.07, 6.45) is -0.399. The molecule has 21 heavy (non-hydrogen) atoms. The van der Waals surface area contributed by atoms with Gasteiger partial charge in [-0.25, -0.2) is 0 Å². The van der Waals surface area contributed by atoms with E-state index in [-0.39, 0.29) is 0 Å². The molecule has 2 atom stereocenters. The minimum absolute atomic E-state index is 0.399. The highest BCUT2D eigenvalue weighted by atomic mass is 16.5. The van der Waals surface area contributed by atoms with Crippen molar-refractivity contribution in [1.29, 1.82) is 0 Å². The Balaban J connectivity index is 1.78. The summed E-state index contributed by atoms with van der Waals surface area (Å²) in [5.41, 5.74) is 1.00. The van der Waals surface area contributed by atoms with E-state index in [1.54, 1.807) is 0 Å². The van der Waals surface area contributed by atoms with Crippen LogP contribution in [0.5, 0.6) is 0 Å². The molecule has 1 aliphatic rings. The largest absolute Gasteiger partial charge is 0.387 e. The molecule has 1 fully saturated rings. The van der Waals surface area contributed by atoms with Gasteiger partial charge in [-0.1, -0.05) is 30.3 Å². The van der Waals surface area contributed by atoms with Crippen LogP contribution in [0.15, 0.2) is 30.3 Å². The summed E-state index contributed by atoms with van der Waals surface area (Å²) >= 11 is 0. The van der Waals surface area contributed by atoms with Crippen molar-refractivity contribution < 1.29 is 9.84 Å². The molecule has 0 amide bonds. The van der Waals surface area contributed by atoms with E-state index in [1.807, 2.05) is 37.3 Å². The van der Waals surface area contributed by atoms with Crippen molar-refractivity contribution in [3.05, 3.63) is 35.9 Å². The molecule has 1 aromatic carbocycles. The van der Waals surface area contributed by atoms with Gasteiger partial charge in [-0.05, 0) is 19.4 Å². The minimum Gasteiger partial charge on any atom is -0.387 e. The first kappa shape index (κ1) is 16.4. The average Bonchev–Trinajstić information content (AvgIpc) is 2.51. The van der Waals surface area contributed by atoms with Gasteiger partial charge in [0.25, 0.3) is 0 Å². The molecule has 0 bridgehead atoms. The molecule has 0 radical (unpaired) electrons. The third-order valence-electron chi connectivity index (χ3n) is 4.20. The lowest BCUT2D eigenvalue weighted by Gasteiger charge is -2.40. The van der Waals surface area contributed by atoms with Crippen molar-refractivity contribution in [3.63, 3.8) is 0 Å². The second kappa shape index (κ2) is 8.49. The second-order valence-electron chi connectivity index (χ2n) is 5.77. The van der Waals surface area contributed by atoms with Crippen LogP contribution in [0.3, 0.4) is 0 Å². The zero-order valence-electron chi connectivity index (χ0n) is 13.2. The highest BCUT2D eigenvalue weighted by Gasteiger charge is 2.25. The maximum absolute atomic E-state index is 10.4. The molecule has 1 saturated heterocycles. The molecule has 0 spiro atoms. The molecular formula is C17H28N2O2. The monoisotopic (exact) mass is 292 g/mol. The lowest BCUT2D eigenvalue weighted by Crippen LogP contribution is -2.53. The summed E-state index contributed by atoms with van der Waals surface area (Å²) in [6.45, 7) is 10.7. The van der Waals surface area contributed by atoms with Crippen LogP contribution in [-0.4, -0.2) is 66.9 Å². The van der Waals surface area contributed by atoms with E-state index >= 15 is 0 Å². The van der Waals surface area contributed by atoms with Crippen LogP contribution >= 0.6 is 0 Å². The van der Waals surface area contributed by atoms with Crippen molar-refractivity contribution >= 4 is 0 Å². The Morgan fingerprint density at radius 3 is 2.71 bits per heavy atom. The first-order chi connectivity index (χ1) is 10.2. The number of benzene rings is 1. The van der Waals surface area contributed by atoms with Gasteiger partial charge in [-0.2, -0.15) is 0 Å². The Labute approximate surface area is 128 Å². The standard InChI is InChI=1S/C17H28N2O2/c1-3-21-12-11-18-9-10-19(15(2)13-18)14-17(20)16-7-5-4-6-8-16/h4-8,15,17,20H,3,9-14H2,1-2H3/t15-,17-/m1/s1. The molecule has 2 rings (SSSR count). The molecule has 1 aliphatic heterocycles. The van der Waals surface area contributed by atoms with E-state index in [4.69, 9.17) is 4.74 Å². The number of hydrogen-bond donors (Lipinski definition) is 1. The first-order valence-electron chi connectivity index (χ1n) is 7.98. The first-order valence-corrected chi connectivity index (χ1v) is 7.98. The predicted molar refractivity (Wildman–Crippen MR) is 85.4 cm³/mol. The van der Waals surface area contributed by atoms with Gasteiger partial charge in [0.1, 0.15) is 0 Å². The smallest absolute Gasteiger partial charge is 0.0917 e. The normalized spacial score (nSPS) is 22.3. The molecule has 0 aromatic heterocycles. The number of aliphatic hydroxyl groups excluding tert-OH is 1. The number of β-amino-alcohol motifs (C(OH)–C–C–N with tert-alkyl or cyclic N) is 1. The summed E-state index contributed by atoms with van der Waals surface area (Å²) in [5.74, 6) is 0. The lowest BCUT2D eigenvalue weighted by molar-refractivity contribution is 0.0263. The van der Waals surface area contributed by atoms with E-state index in [9.17, 15) is 5.11 Å². The molecule has 0 saturated carbocycles. The summed E-state index contributed by atoms with van der Waals surface area (Å²) in [7, 11) is 0. The van der Waals surface area contributed by atoms with E-state index < -0.39 is 6.10 Å². The van der Waals surface area contributed by atoms with E-state index in [0.29, 0.717) is 12.6 Å². The second-order valence-corrected chi connectivity index (χ2v) is 5.77. The van der Waals surface area contributed by atoms with Crippen molar-refractivity contribution in [1.82, 2.24) is 9.80 Å². The highest BCUT2D eigenvalue weighted by molar-refractivity contribution is 5.17. The number of aliphatic hydroxyl groups is 1. The van der Waals surface area contributed by atoms with Crippen molar-refractivity contribution in [3.8, 4) is 0 Å². The third-order valence-corrected chi connectivity index (χ3v) is 4.20. The Morgan fingerprint density at radius 2 is 2.05 bits per heavy atom. The van der Waals surface area contributed by atoms with E-state index in [0.717, 1.165) is 45.0 Å². The van der Waals surface area contributed by atoms with Crippen LogP contribution in [0, 0.1) is 0 Å². The molecule has 118 valence electrons. The fraction of sp³-hybridized carbons (Fsp3) is 0.647. The van der Waals surface area contributed by atoms with Gasteiger partial charge in [0.15, 0.2) is 0 Å². The zero-order chi connectivity index (χ0) is 15.1. The van der Waals surface area contributed by atoms with Crippen LogP contribution in [0.25, 0.3) is 0 Å². The zero-order valence-corrected chi connectivity index (χ0v) is 13.2. The Morgan fingerprint density at radius 1 is 1.29 bits per heavy atom. The van der Waals surface area contributed by atoms with Crippen molar-refractivity contribution in [2.24, 2.45) is 0 Å². The molecule has 4 nitrogen and oxygen atoms in total. The van der Waals surface area contributed by atoms with Gasteiger partial charge < -0.3 is 9.84 Å². The van der Waals surface area contributed by atoms with Gasteiger partial charge in [-0.3, -0.25) is 9.80 Å². The lowest BCUT2D eigenvalue weighted by atomic mass is 10.1. The van der Waals surface area contributed by atoms with Crippen LogP contribution in [0.2, 0.25) is 0 Å². The van der Waals surface area contributed by atoms with Gasteiger partial charge >= 0.3 is 0 Å². The van der Waals surface area contributed by atoms with Crippen molar-refractivity contribution in [2.75, 3.05) is 45.9 Å². The summed E-state index contributed by atoms with van der Waals surface area (Å²) in [5, 5.41) is 10.4. The van der Waals surface area contributed by atoms with Gasteiger partial charge in [-0.15, -0.1) is 0 Å². The summed E-state index contributed by atoms with van der Waals surface area (Å²) in [6, 6.07) is 10.4. The van der Waals surface area contributed by atoms with Crippen LogP contribution < -0.4 is 0 Å². The number of rotatable bonds is 7. The quantitative estimate of drug-likeness (QED) is 0.777. The maximum atomic E-state index is 10.4. The van der Waals surface area contributed by atoms with Gasteiger partial charge in [0.05, 0.1) is 12.7 Å². The van der Waals surface area contributed by atoms with Crippen molar-refractivity contribution in [2.45, 2.75) is 26.0 Å². The SMILES string of the molecule is CCOCCN1CCN(C[C@@H](O)c2ccccc2)[C@H](C)C1. The fourth-order valence-electron chi connectivity index (χ4n) is 2.89. The van der Waals surface area contributed by atoms with Crippen LogP contribution in [0.1, 0.15) is 25.5 Å². The maximum Gasteiger partial charge on any atom is 0.0917 e. The highest BCUT2D eigenvalue weighted by Crippen LogP contribution is 2.17. The fourth-order valence-corrected chi connectivity index (χ4v) is 2.89. The number of piperazine rings is 1. The summed E-state index contributed by atoms with van der Waals surface area (Å²) in [4.78, 5) is 4.83. The Kier molecular flexibility index (Phi) is 6.64. The van der Waals surface area contributed by atoms with Gasteiger partial charge in [0.2, 0.25) is 0 Å². The molecule has 1 heterocycles. The molecule has 1 aromatic rings. The molecular weight excluding hydrogens is 264 g/mol. The van der Waals surface area contributed by atoms with Crippen LogP contribution in [0.4, 0.5) is 0 Å². The van der Waals surface area contributed by atoms with E-state index in [1.165, 1.54) is 0 Å². The molecule has 4 heteroatoms. The number of ether oxygens (including phenoxy) is 1. The molecule has 0 unspecified atom stereocenters. The number of nitrogens with zero attached hydrogens (tertiary/aromatic N) is 2.